The van der Waals surface area contributed by atoms with Crippen LogP contribution in [0, 0.1) is 0 Å². The molecule has 0 saturated heterocycles. The van der Waals surface area contributed by atoms with Gasteiger partial charge in [0.15, 0.2) is 16.3 Å². The van der Waals surface area contributed by atoms with Gasteiger partial charge in [-0.05, 0) is 71.0 Å². The summed E-state index contributed by atoms with van der Waals surface area (Å²) >= 11 is 7.42. The first-order chi connectivity index (χ1) is 20.6. The molecule has 5 aromatic rings. The summed E-state index contributed by atoms with van der Waals surface area (Å²) in [6.45, 7) is 0.388. The zero-order valence-electron chi connectivity index (χ0n) is 22.9. The maximum Gasteiger partial charge on any atom is 0.271 e. The van der Waals surface area contributed by atoms with E-state index in [1.54, 1.807) is 7.11 Å². The lowest BCUT2D eigenvalue weighted by atomic mass is 9.83. The summed E-state index contributed by atoms with van der Waals surface area (Å²) in [5, 5.41) is 0.686. The summed E-state index contributed by atoms with van der Waals surface area (Å²) in [6.07, 6.45) is 3.71. The highest BCUT2D eigenvalue weighted by molar-refractivity contribution is 7.07. The second kappa shape index (κ2) is 11.1. The largest absolute Gasteiger partial charge is 0.493 e. The number of aromatic nitrogens is 1. The first-order valence-electron chi connectivity index (χ1n) is 13.8. The third-order valence-electron chi connectivity index (χ3n) is 7.78. The SMILES string of the molecule is COc1cc(/C=c2\sc3n(c2=O)[C@@H](c2ccccc2)C2=C(N=3)c3ccccc3CC2)ccc1OCc1ccc(Cl)cc1. The van der Waals surface area contributed by atoms with Crippen molar-refractivity contribution < 1.29 is 9.47 Å². The molecular formula is C35H27ClN2O3S. The fourth-order valence-electron chi connectivity index (χ4n) is 5.74. The quantitative estimate of drug-likeness (QED) is 0.225. The zero-order valence-corrected chi connectivity index (χ0v) is 24.5. The van der Waals surface area contributed by atoms with Crippen LogP contribution >= 0.6 is 22.9 Å². The third-order valence-corrected chi connectivity index (χ3v) is 9.02. The lowest BCUT2D eigenvalue weighted by Gasteiger charge is -2.30. The molecule has 7 rings (SSSR count). The van der Waals surface area contributed by atoms with E-state index in [1.165, 1.54) is 22.5 Å². The Labute approximate surface area is 252 Å². The minimum Gasteiger partial charge on any atom is -0.493 e. The van der Waals surface area contributed by atoms with Crippen LogP contribution < -0.4 is 24.4 Å². The number of benzene rings is 4. The molecule has 1 aliphatic heterocycles. The Morgan fingerprint density at radius 3 is 2.55 bits per heavy atom. The van der Waals surface area contributed by atoms with Gasteiger partial charge >= 0.3 is 0 Å². The van der Waals surface area contributed by atoms with Crippen molar-refractivity contribution in [2.75, 3.05) is 7.11 Å². The van der Waals surface area contributed by atoms with Gasteiger partial charge < -0.3 is 9.47 Å². The molecule has 5 nitrogen and oxygen atoms in total. The predicted molar refractivity (Wildman–Crippen MR) is 168 cm³/mol. The number of ether oxygens (including phenoxy) is 2. The van der Waals surface area contributed by atoms with Crippen molar-refractivity contribution in [3.63, 3.8) is 0 Å². The van der Waals surface area contributed by atoms with Crippen LogP contribution in [0.3, 0.4) is 0 Å². The number of allylic oxidation sites excluding steroid dienone is 1. The summed E-state index contributed by atoms with van der Waals surface area (Å²) in [5.74, 6) is 1.22. The van der Waals surface area contributed by atoms with Gasteiger partial charge in [-0.25, -0.2) is 4.99 Å². The Kier molecular flexibility index (Phi) is 7.02. The van der Waals surface area contributed by atoms with E-state index in [1.807, 2.05) is 71.3 Å². The van der Waals surface area contributed by atoms with E-state index < -0.39 is 0 Å². The van der Waals surface area contributed by atoms with Gasteiger partial charge in [-0.1, -0.05) is 95.7 Å². The van der Waals surface area contributed by atoms with Gasteiger partial charge in [0.1, 0.15) is 6.61 Å². The molecule has 1 atom stereocenters. The minimum atomic E-state index is -0.189. The Bertz CT molecular complexity index is 2010. The number of aryl methyl sites for hydroxylation is 1. The number of hydrogen-bond donors (Lipinski definition) is 0. The molecule has 1 aliphatic carbocycles. The van der Waals surface area contributed by atoms with Crippen molar-refractivity contribution in [2.24, 2.45) is 4.99 Å². The van der Waals surface area contributed by atoms with Crippen LogP contribution in [0.2, 0.25) is 5.02 Å². The van der Waals surface area contributed by atoms with Gasteiger partial charge in [-0.3, -0.25) is 9.36 Å². The molecule has 0 spiro atoms. The van der Waals surface area contributed by atoms with Crippen LogP contribution in [0.4, 0.5) is 0 Å². The van der Waals surface area contributed by atoms with E-state index in [9.17, 15) is 4.79 Å². The van der Waals surface area contributed by atoms with Crippen LogP contribution in [-0.4, -0.2) is 11.7 Å². The summed E-state index contributed by atoms with van der Waals surface area (Å²) in [5.41, 5.74) is 7.57. The number of fused-ring (bicyclic) bond motifs is 3. The van der Waals surface area contributed by atoms with Crippen molar-refractivity contribution >= 4 is 34.7 Å². The molecular weight excluding hydrogens is 564 g/mol. The Morgan fingerprint density at radius 1 is 0.952 bits per heavy atom. The molecule has 2 heterocycles. The van der Waals surface area contributed by atoms with E-state index in [2.05, 4.69) is 36.4 Å². The highest BCUT2D eigenvalue weighted by Gasteiger charge is 2.32. The molecule has 0 bridgehead atoms. The normalized spacial score (nSPS) is 15.9. The lowest BCUT2D eigenvalue weighted by molar-refractivity contribution is 0.284. The second-order valence-corrected chi connectivity index (χ2v) is 11.8. The molecule has 4 aromatic carbocycles. The molecule has 7 heteroatoms. The van der Waals surface area contributed by atoms with E-state index in [-0.39, 0.29) is 11.6 Å². The van der Waals surface area contributed by atoms with Gasteiger partial charge in [0.25, 0.3) is 5.56 Å². The molecule has 0 amide bonds. The summed E-state index contributed by atoms with van der Waals surface area (Å²) in [4.78, 5) is 19.8. The molecule has 0 N–H and O–H groups in total. The van der Waals surface area contributed by atoms with Crippen LogP contribution in [0.25, 0.3) is 11.8 Å². The number of hydrogen-bond acceptors (Lipinski definition) is 5. The molecule has 1 aromatic heterocycles. The van der Waals surface area contributed by atoms with Crippen LogP contribution in [-0.2, 0) is 13.0 Å². The highest BCUT2D eigenvalue weighted by atomic mass is 35.5. The fraction of sp³-hybridized carbons (Fsp3) is 0.143. The first-order valence-corrected chi connectivity index (χ1v) is 15.0. The minimum absolute atomic E-state index is 0.0416. The molecule has 0 saturated carbocycles. The molecule has 42 heavy (non-hydrogen) atoms. The summed E-state index contributed by atoms with van der Waals surface area (Å²) in [7, 11) is 1.62. The van der Waals surface area contributed by atoms with Gasteiger partial charge in [0, 0.05) is 10.6 Å². The molecule has 0 fully saturated rings. The Balaban J connectivity index is 1.29. The Morgan fingerprint density at radius 2 is 1.74 bits per heavy atom. The number of nitrogens with zero attached hydrogens (tertiary/aromatic N) is 2. The third kappa shape index (κ3) is 4.87. The second-order valence-electron chi connectivity index (χ2n) is 10.3. The monoisotopic (exact) mass is 590 g/mol. The number of halogens is 1. The summed E-state index contributed by atoms with van der Waals surface area (Å²) in [6, 6.07) is 31.8. The zero-order chi connectivity index (χ0) is 28.6. The maximum absolute atomic E-state index is 14.0. The standard InChI is InChI=1S/C35H27ClN2O3S/c1-40-30-19-23(13-18-29(30)41-21-22-11-15-26(36)16-12-22)20-31-34(39)38-33(25-8-3-2-4-9-25)28-17-14-24-7-5-6-10-27(24)32(28)37-35(38)42-31/h2-13,15-16,18-20,33H,14,17,21H2,1H3/b31-20-/t33-/m0/s1. The van der Waals surface area contributed by atoms with Crippen molar-refractivity contribution in [2.45, 2.75) is 25.5 Å². The molecule has 2 aliphatic rings. The maximum atomic E-state index is 14.0. The van der Waals surface area contributed by atoms with Gasteiger partial charge in [0.05, 0.1) is 23.4 Å². The number of thiazole rings is 1. The highest BCUT2D eigenvalue weighted by Crippen LogP contribution is 2.41. The van der Waals surface area contributed by atoms with Crippen molar-refractivity contribution in [3.8, 4) is 11.5 Å². The van der Waals surface area contributed by atoms with Gasteiger partial charge in [-0.2, -0.15) is 0 Å². The average molecular weight is 591 g/mol. The predicted octanol–water partition coefficient (Wildman–Crippen LogP) is 6.56. The van der Waals surface area contributed by atoms with E-state index in [0.717, 1.165) is 40.8 Å². The summed E-state index contributed by atoms with van der Waals surface area (Å²) < 4.78 is 14.2. The van der Waals surface area contributed by atoms with Crippen molar-refractivity contribution in [3.05, 3.63) is 155 Å². The number of methoxy groups -OCH3 is 1. The lowest BCUT2D eigenvalue weighted by Crippen LogP contribution is -2.38. The molecule has 0 radical (unpaired) electrons. The van der Waals surface area contributed by atoms with Crippen molar-refractivity contribution in [1.82, 2.24) is 4.57 Å². The van der Waals surface area contributed by atoms with E-state index in [4.69, 9.17) is 26.1 Å². The van der Waals surface area contributed by atoms with E-state index in [0.29, 0.717) is 32.5 Å². The van der Waals surface area contributed by atoms with Gasteiger partial charge in [0.2, 0.25) is 0 Å². The smallest absolute Gasteiger partial charge is 0.271 e. The topological polar surface area (TPSA) is 52.8 Å². The van der Waals surface area contributed by atoms with Crippen molar-refractivity contribution in [1.29, 1.82) is 0 Å². The van der Waals surface area contributed by atoms with Gasteiger partial charge in [-0.15, -0.1) is 0 Å². The number of rotatable bonds is 6. The molecule has 208 valence electrons. The van der Waals surface area contributed by atoms with Crippen LogP contribution in [0.1, 0.15) is 40.3 Å². The Hall–Kier alpha value is -4.39. The first kappa shape index (κ1) is 26.5. The van der Waals surface area contributed by atoms with Crippen LogP contribution in [0.15, 0.2) is 112 Å². The average Bonchev–Trinajstić information content (AvgIpc) is 3.34. The molecule has 0 unspecified atom stereocenters. The van der Waals surface area contributed by atoms with E-state index >= 15 is 0 Å². The van der Waals surface area contributed by atoms with Crippen LogP contribution in [0.5, 0.6) is 11.5 Å². The fourth-order valence-corrected chi connectivity index (χ4v) is 6.87.